The summed E-state index contributed by atoms with van der Waals surface area (Å²) in [5.41, 5.74) is 1.07. The van der Waals surface area contributed by atoms with Gasteiger partial charge in [-0.25, -0.2) is 0 Å². The SMILES string of the molecule is CN(CO)CCc1ccccn1. The van der Waals surface area contributed by atoms with Gasteiger partial charge in [-0.2, -0.15) is 0 Å². The van der Waals surface area contributed by atoms with Crippen LogP contribution in [0.5, 0.6) is 0 Å². The van der Waals surface area contributed by atoms with Gasteiger partial charge in [0, 0.05) is 24.9 Å². The fraction of sp³-hybridized carbons (Fsp3) is 0.444. The predicted molar refractivity (Wildman–Crippen MR) is 47.7 cm³/mol. The normalized spacial score (nSPS) is 10.6. The van der Waals surface area contributed by atoms with Crippen molar-refractivity contribution >= 4 is 0 Å². The van der Waals surface area contributed by atoms with E-state index in [1.165, 1.54) is 0 Å². The maximum atomic E-state index is 8.72. The van der Waals surface area contributed by atoms with Crippen molar-refractivity contribution in [1.29, 1.82) is 0 Å². The van der Waals surface area contributed by atoms with Gasteiger partial charge in [0.2, 0.25) is 0 Å². The molecule has 12 heavy (non-hydrogen) atoms. The van der Waals surface area contributed by atoms with E-state index in [2.05, 4.69) is 4.98 Å². The minimum atomic E-state index is 0.104. The summed E-state index contributed by atoms with van der Waals surface area (Å²) >= 11 is 0. The Labute approximate surface area is 72.7 Å². The highest BCUT2D eigenvalue weighted by Gasteiger charge is 1.96. The van der Waals surface area contributed by atoms with Gasteiger partial charge in [0.25, 0.3) is 0 Å². The number of nitrogens with zero attached hydrogens (tertiary/aromatic N) is 2. The van der Waals surface area contributed by atoms with Crippen molar-refractivity contribution < 1.29 is 5.11 Å². The van der Waals surface area contributed by atoms with Gasteiger partial charge < -0.3 is 5.11 Å². The van der Waals surface area contributed by atoms with E-state index in [0.29, 0.717) is 0 Å². The number of hydrogen-bond acceptors (Lipinski definition) is 3. The van der Waals surface area contributed by atoms with Gasteiger partial charge in [-0.3, -0.25) is 9.88 Å². The molecule has 1 aromatic rings. The van der Waals surface area contributed by atoms with Gasteiger partial charge in [0.1, 0.15) is 0 Å². The molecule has 1 N–H and O–H groups in total. The first kappa shape index (κ1) is 9.16. The van der Waals surface area contributed by atoms with Crippen molar-refractivity contribution in [2.24, 2.45) is 0 Å². The Bertz CT molecular complexity index is 213. The molecule has 0 fully saturated rings. The van der Waals surface area contributed by atoms with Gasteiger partial charge in [0.05, 0.1) is 6.73 Å². The van der Waals surface area contributed by atoms with E-state index in [0.717, 1.165) is 18.7 Å². The van der Waals surface area contributed by atoms with Crippen molar-refractivity contribution in [2.45, 2.75) is 6.42 Å². The van der Waals surface area contributed by atoms with E-state index in [4.69, 9.17) is 5.11 Å². The Kier molecular flexibility index (Phi) is 3.70. The zero-order valence-electron chi connectivity index (χ0n) is 7.27. The summed E-state index contributed by atoms with van der Waals surface area (Å²) in [7, 11) is 1.88. The lowest BCUT2D eigenvalue weighted by molar-refractivity contribution is 0.134. The molecule has 0 saturated heterocycles. The third-order valence-electron chi connectivity index (χ3n) is 1.72. The number of aliphatic hydroxyl groups is 1. The molecule has 1 aromatic heterocycles. The first-order chi connectivity index (χ1) is 5.83. The van der Waals surface area contributed by atoms with E-state index in [1.807, 2.05) is 30.1 Å². The van der Waals surface area contributed by atoms with Crippen LogP contribution in [0.25, 0.3) is 0 Å². The highest BCUT2D eigenvalue weighted by molar-refractivity contribution is 5.03. The monoisotopic (exact) mass is 166 g/mol. The van der Waals surface area contributed by atoms with Gasteiger partial charge in [-0.1, -0.05) is 6.07 Å². The number of hydrogen-bond donors (Lipinski definition) is 1. The minimum Gasteiger partial charge on any atom is -0.381 e. The highest BCUT2D eigenvalue weighted by atomic mass is 16.3. The number of pyridine rings is 1. The second-order valence-electron chi connectivity index (χ2n) is 2.79. The number of aliphatic hydroxyl groups excluding tert-OH is 1. The second kappa shape index (κ2) is 4.85. The molecule has 66 valence electrons. The molecule has 0 bridgehead atoms. The average Bonchev–Trinajstić information content (AvgIpc) is 2.16. The zero-order valence-corrected chi connectivity index (χ0v) is 7.27. The molecule has 1 heterocycles. The Morgan fingerprint density at radius 2 is 2.33 bits per heavy atom. The van der Waals surface area contributed by atoms with Crippen molar-refractivity contribution in [3.63, 3.8) is 0 Å². The lowest BCUT2D eigenvalue weighted by Crippen LogP contribution is -2.22. The molecule has 0 atom stereocenters. The van der Waals surface area contributed by atoms with Crippen LogP contribution in [0.1, 0.15) is 5.69 Å². The van der Waals surface area contributed by atoms with Gasteiger partial charge in [-0.05, 0) is 19.2 Å². The van der Waals surface area contributed by atoms with Crippen molar-refractivity contribution in [3.05, 3.63) is 30.1 Å². The lowest BCUT2D eigenvalue weighted by atomic mass is 10.2. The van der Waals surface area contributed by atoms with Crippen LogP contribution in [0.2, 0.25) is 0 Å². The van der Waals surface area contributed by atoms with Crippen LogP contribution in [-0.4, -0.2) is 35.3 Å². The van der Waals surface area contributed by atoms with Crippen LogP contribution < -0.4 is 0 Å². The smallest absolute Gasteiger partial charge is 0.0954 e. The molecule has 0 aliphatic heterocycles. The molecule has 0 spiro atoms. The molecule has 0 aromatic carbocycles. The second-order valence-corrected chi connectivity index (χ2v) is 2.79. The van der Waals surface area contributed by atoms with Gasteiger partial charge >= 0.3 is 0 Å². The maximum Gasteiger partial charge on any atom is 0.0954 e. The van der Waals surface area contributed by atoms with Crippen LogP contribution in [0, 0.1) is 0 Å². The molecule has 0 aliphatic rings. The largest absolute Gasteiger partial charge is 0.381 e. The van der Waals surface area contributed by atoms with Gasteiger partial charge in [0.15, 0.2) is 0 Å². The summed E-state index contributed by atoms with van der Waals surface area (Å²) in [4.78, 5) is 6.02. The van der Waals surface area contributed by atoms with Crippen LogP contribution in [0.15, 0.2) is 24.4 Å². The Balaban J connectivity index is 2.33. The van der Waals surface area contributed by atoms with E-state index < -0.39 is 0 Å². The van der Waals surface area contributed by atoms with Crippen molar-refractivity contribution in [1.82, 2.24) is 9.88 Å². The summed E-state index contributed by atoms with van der Waals surface area (Å²) in [5.74, 6) is 0. The van der Waals surface area contributed by atoms with E-state index >= 15 is 0 Å². The highest BCUT2D eigenvalue weighted by Crippen LogP contribution is 1.95. The zero-order chi connectivity index (χ0) is 8.81. The summed E-state index contributed by atoms with van der Waals surface area (Å²) in [6.07, 6.45) is 2.67. The van der Waals surface area contributed by atoms with Crippen LogP contribution in [0.3, 0.4) is 0 Å². The molecule has 0 saturated carbocycles. The van der Waals surface area contributed by atoms with Crippen molar-refractivity contribution in [2.75, 3.05) is 20.3 Å². The van der Waals surface area contributed by atoms with E-state index in [1.54, 1.807) is 6.20 Å². The molecular formula is C9H14N2O. The molecule has 0 radical (unpaired) electrons. The number of likely N-dealkylation sites (N-methyl/N-ethyl adjacent to an activating group) is 1. The standard InChI is InChI=1S/C9H14N2O/c1-11(8-12)7-5-9-4-2-3-6-10-9/h2-4,6,12H,5,7-8H2,1H3. The average molecular weight is 166 g/mol. The van der Waals surface area contributed by atoms with E-state index in [9.17, 15) is 0 Å². The quantitative estimate of drug-likeness (QED) is 0.662. The first-order valence-corrected chi connectivity index (χ1v) is 4.02. The number of rotatable bonds is 4. The summed E-state index contributed by atoms with van der Waals surface area (Å²) in [6.45, 7) is 0.945. The third-order valence-corrected chi connectivity index (χ3v) is 1.72. The molecule has 3 nitrogen and oxygen atoms in total. The fourth-order valence-electron chi connectivity index (χ4n) is 0.922. The van der Waals surface area contributed by atoms with Gasteiger partial charge in [-0.15, -0.1) is 0 Å². The number of aromatic nitrogens is 1. The Morgan fingerprint density at radius 1 is 1.50 bits per heavy atom. The first-order valence-electron chi connectivity index (χ1n) is 4.02. The molecule has 3 heteroatoms. The molecular weight excluding hydrogens is 152 g/mol. The summed E-state index contributed by atoms with van der Waals surface area (Å²) in [6, 6.07) is 5.87. The fourth-order valence-corrected chi connectivity index (χ4v) is 0.922. The van der Waals surface area contributed by atoms with E-state index in [-0.39, 0.29) is 6.73 Å². The summed E-state index contributed by atoms with van der Waals surface area (Å²) in [5, 5.41) is 8.72. The van der Waals surface area contributed by atoms with Crippen molar-refractivity contribution in [3.8, 4) is 0 Å². The van der Waals surface area contributed by atoms with Crippen LogP contribution >= 0.6 is 0 Å². The van der Waals surface area contributed by atoms with Crippen LogP contribution in [-0.2, 0) is 6.42 Å². The predicted octanol–water partition coefficient (Wildman–Crippen LogP) is 0.506. The molecule has 0 unspecified atom stereocenters. The Hall–Kier alpha value is -0.930. The molecule has 0 amide bonds. The third kappa shape index (κ3) is 2.98. The minimum absolute atomic E-state index is 0.104. The maximum absolute atomic E-state index is 8.72. The topological polar surface area (TPSA) is 36.4 Å². The molecule has 1 rings (SSSR count). The summed E-state index contributed by atoms with van der Waals surface area (Å²) < 4.78 is 0. The Morgan fingerprint density at radius 3 is 2.92 bits per heavy atom. The lowest BCUT2D eigenvalue weighted by Gasteiger charge is -2.11. The molecule has 0 aliphatic carbocycles. The van der Waals surface area contributed by atoms with Crippen LogP contribution in [0.4, 0.5) is 0 Å².